The predicted molar refractivity (Wildman–Crippen MR) is 68.0 cm³/mol. The lowest BCUT2D eigenvalue weighted by Crippen LogP contribution is -2.15. The van der Waals surface area contributed by atoms with E-state index in [1.165, 1.54) is 30.5 Å². The van der Waals surface area contributed by atoms with Gasteiger partial charge in [-0.2, -0.15) is 0 Å². The van der Waals surface area contributed by atoms with Gasteiger partial charge in [-0.3, -0.25) is 9.59 Å². The molecule has 2 aromatic rings. The van der Waals surface area contributed by atoms with Crippen LogP contribution >= 0.6 is 0 Å². The van der Waals surface area contributed by atoms with Gasteiger partial charge in [0.25, 0.3) is 5.56 Å². The van der Waals surface area contributed by atoms with Crippen LogP contribution in [0.15, 0.2) is 46.2 Å². The van der Waals surface area contributed by atoms with Gasteiger partial charge >= 0.3 is 11.9 Å². The maximum atomic E-state index is 10.6. The van der Waals surface area contributed by atoms with Crippen molar-refractivity contribution >= 4 is 11.9 Å². The molecular formula is C12H10N2O6. The van der Waals surface area contributed by atoms with E-state index in [0.29, 0.717) is 0 Å². The van der Waals surface area contributed by atoms with Crippen LogP contribution in [0.2, 0.25) is 0 Å². The number of carbonyl (C=O) groups is 2. The average Bonchev–Trinajstić information content (AvgIpc) is 2.40. The second kappa shape index (κ2) is 6.69. The zero-order chi connectivity index (χ0) is 15.1. The Morgan fingerprint density at radius 1 is 0.950 bits per heavy atom. The van der Waals surface area contributed by atoms with Crippen LogP contribution < -0.4 is 11.1 Å². The predicted octanol–water partition coefficient (Wildman–Crippen LogP) is 0.146. The van der Waals surface area contributed by atoms with Gasteiger partial charge in [-0.1, -0.05) is 0 Å². The fourth-order valence-electron chi connectivity index (χ4n) is 1.13. The zero-order valence-electron chi connectivity index (χ0n) is 9.99. The highest BCUT2D eigenvalue weighted by molar-refractivity contribution is 5.87. The smallest absolute Gasteiger partial charge is 0.341 e. The Morgan fingerprint density at radius 2 is 1.65 bits per heavy atom. The number of nitrogens with one attached hydrogen (secondary N) is 2. The number of H-pyrrole nitrogens is 2. The molecule has 0 spiro atoms. The van der Waals surface area contributed by atoms with Crippen molar-refractivity contribution in [2.75, 3.05) is 0 Å². The number of pyridine rings is 2. The summed E-state index contributed by atoms with van der Waals surface area (Å²) in [6, 6.07) is 5.14. The SMILES string of the molecule is O=C(O)c1ccc(=O)[nH]c1.O=C(O)c1ccc[nH]c1=O. The van der Waals surface area contributed by atoms with Crippen molar-refractivity contribution in [2.45, 2.75) is 0 Å². The van der Waals surface area contributed by atoms with Gasteiger partial charge in [0.1, 0.15) is 5.56 Å². The van der Waals surface area contributed by atoms with Crippen molar-refractivity contribution in [2.24, 2.45) is 0 Å². The number of carboxylic acid groups (broad SMARTS) is 2. The van der Waals surface area contributed by atoms with Gasteiger partial charge in [-0.05, 0) is 18.2 Å². The maximum absolute atomic E-state index is 10.6. The number of aromatic nitrogens is 2. The summed E-state index contributed by atoms with van der Waals surface area (Å²) in [4.78, 5) is 45.9. The molecule has 0 fully saturated rings. The molecule has 0 aliphatic heterocycles. The fraction of sp³-hybridized carbons (Fsp3) is 0. The van der Waals surface area contributed by atoms with Crippen molar-refractivity contribution in [3.8, 4) is 0 Å². The lowest BCUT2D eigenvalue weighted by Gasteiger charge is -1.88. The number of aromatic carboxylic acids is 2. The van der Waals surface area contributed by atoms with Gasteiger partial charge in [0, 0.05) is 18.5 Å². The molecule has 0 aromatic carbocycles. The summed E-state index contributed by atoms with van der Waals surface area (Å²) in [5.41, 5.74) is -1.03. The first-order valence-corrected chi connectivity index (χ1v) is 5.25. The minimum atomic E-state index is -1.21. The number of hydrogen-bond acceptors (Lipinski definition) is 4. The summed E-state index contributed by atoms with van der Waals surface area (Å²) < 4.78 is 0. The van der Waals surface area contributed by atoms with Crippen molar-refractivity contribution in [3.63, 3.8) is 0 Å². The van der Waals surface area contributed by atoms with Crippen molar-refractivity contribution < 1.29 is 19.8 Å². The highest BCUT2D eigenvalue weighted by Crippen LogP contribution is 1.90. The van der Waals surface area contributed by atoms with Crippen molar-refractivity contribution in [1.29, 1.82) is 0 Å². The molecule has 0 atom stereocenters. The molecule has 20 heavy (non-hydrogen) atoms. The number of aromatic amines is 2. The number of hydrogen-bond donors (Lipinski definition) is 4. The van der Waals surface area contributed by atoms with Gasteiger partial charge in [0.2, 0.25) is 5.56 Å². The molecule has 0 aliphatic carbocycles. The Balaban J connectivity index is 0.000000200. The molecule has 0 saturated carbocycles. The Morgan fingerprint density at radius 3 is 2.05 bits per heavy atom. The lowest BCUT2D eigenvalue weighted by atomic mass is 10.3. The van der Waals surface area contributed by atoms with Gasteiger partial charge in [0.05, 0.1) is 5.56 Å². The second-order valence-corrected chi connectivity index (χ2v) is 3.46. The molecule has 2 aromatic heterocycles. The molecule has 0 radical (unpaired) electrons. The second-order valence-electron chi connectivity index (χ2n) is 3.46. The number of rotatable bonds is 2. The van der Waals surface area contributed by atoms with E-state index in [-0.39, 0.29) is 16.7 Å². The van der Waals surface area contributed by atoms with Crippen LogP contribution in [0.4, 0.5) is 0 Å². The fourth-order valence-corrected chi connectivity index (χ4v) is 1.13. The molecule has 0 bridgehead atoms. The van der Waals surface area contributed by atoms with Gasteiger partial charge in [0.15, 0.2) is 0 Å². The molecule has 104 valence electrons. The highest BCUT2D eigenvalue weighted by Gasteiger charge is 2.04. The Labute approximate surface area is 111 Å². The van der Waals surface area contributed by atoms with E-state index in [2.05, 4.69) is 9.97 Å². The third-order valence-electron chi connectivity index (χ3n) is 2.08. The van der Waals surface area contributed by atoms with E-state index in [9.17, 15) is 19.2 Å². The van der Waals surface area contributed by atoms with Gasteiger partial charge in [-0.25, -0.2) is 9.59 Å². The first kappa shape index (κ1) is 14.9. The largest absolute Gasteiger partial charge is 0.478 e. The van der Waals surface area contributed by atoms with E-state index < -0.39 is 17.5 Å². The maximum Gasteiger partial charge on any atom is 0.341 e. The van der Waals surface area contributed by atoms with Crippen LogP contribution in [-0.4, -0.2) is 32.1 Å². The first-order valence-electron chi connectivity index (χ1n) is 5.25. The van der Waals surface area contributed by atoms with E-state index in [1.54, 1.807) is 0 Å². The van der Waals surface area contributed by atoms with Crippen LogP contribution in [0.5, 0.6) is 0 Å². The minimum absolute atomic E-state index is 0.0830. The molecular weight excluding hydrogens is 268 g/mol. The summed E-state index contributed by atoms with van der Waals surface area (Å²) in [5.74, 6) is -2.25. The summed E-state index contributed by atoms with van der Waals surface area (Å²) >= 11 is 0. The van der Waals surface area contributed by atoms with E-state index in [0.717, 1.165) is 6.20 Å². The molecule has 8 heteroatoms. The highest BCUT2D eigenvalue weighted by atomic mass is 16.4. The molecule has 2 heterocycles. The van der Waals surface area contributed by atoms with Crippen LogP contribution in [0.25, 0.3) is 0 Å². The molecule has 0 saturated heterocycles. The Bertz CT molecular complexity index is 710. The Kier molecular flexibility index (Phi) is 4.98. The van der Waals surface area contributed by atoms with Crippen molar-refractivity contribution in [1.82, 2.24) is 9.97 Å². The number of carboxylic acids is 2. The third kappa shape index (κ3) is 4.26. The summed E-state index contributed by atoms with van der Waals surface area (Å²) in [6.07, 6.45) is 2.54. The molecule has 0 aliphatic rings. The topological polar surface area (TPSA) is 140 Å². The van der Waals surface area contributed by atoms with Gasteiger partial charge < -0.3 is 20.2 Å². The first-order chi connectivity index (χ1) is 9.41. The van der Waals surface area contributed by atoms with E-state index in [4.69, 9.17) is 10.2 Å². The monoisotopic (exact) mass is 278 g/mol. The van der Waals surface area contributed by atoms with Crippen molar-refractivity contribution in [3.05, 3.63) is 68.5 Å². The normalized spacial score (nSPS) is 9.20. The average molecular weight is 278 g/mol. The van der Waals surface area contributed by atoms with Crippen LogP contribution in [-0.2, 0) is 0 Å². The summed E-state index contributed by atoms with van der Waals surface area (Å²) in [5, 5.41) is 16.7. The van der Waals surface area contributed by atoms with E-state index >= 15 is 0 Å². The van der Waals surface area contributed by atoms with Gasteiger partial charge in [-0.15, -0.1) is 0 Å². The molecule has 8 nitrogen and oxygen atoms in total. The third-order valence-corrected chi connectivity index (χ3v) is 2.08. The standard InChI is InChI=1S/2C6H5NO3/c8-5-2-1-4(3-7-5)6(9)10;8-5-4(6(9)10)2-1-3-7-5/h2*1-3H,(H,7,8)(H,9,10). The Hall–Kier alpha value is -3.16. The summed E-state index contributed by atoms with van der Waals surface area (Å²) in [6.45, 7) is 0. The lowest BCUT2D eigenvalue weighted by molar-refractivity contribution is 0.0684. The minimum Gasteiger partial charge on any atom is -0.478 e. The molecule has 4 N–H and O–H groups in total. The molecule has 0 unspecified atom stereocenters. The van der Waals surface area contributed by atoms with Crippen LogP contribution in [0.1, 0.15) is 20.7 Å². The molecule has 2 rings (SSSR count). The zero-order valence-corrected chi connectivity index (χ0v) is 9.99. The van der Waals surface area contributed by atoms with Crippen LogP contribution in [0, 0.1) is 0 Å². The summed E-state index contributed by atoms with van der Waals surface area (Å²) in [7, 11) is 0. The van der Waals surface area contributed by atoms with E-state index in [1.807, 2.05) is 0 Å². The van der Waals surface area contributed by atoms with Crippen LogP contribution in [0.3, 0.4) is 0 Å². The quantitative estimate of drug-likeness (QED) is 0.616. The molecule has 0 amide bonds.